The van der Waals surface area contributed by atoms with Crippen LogP contribution in [0.15, 0.2) is 34.9 Å². The highest BCUT2D eigenvalue weighted by atomic mass is 19.4. The Morgan fingerprint density at radius 1 is 1.17 bits per heavy atom. The standard InChI is InChI=1S/C21H26F3N3O2/c1-2-3-4-5-6-7-13-28-18-11-10-15(14-16(18)21(22,23)24)19-26-20(29-27-19)17-9-8-12-25-17/h8-11,14,17,25H,2-7,12-13H2,1H3/t17-/m0/s1. The van der Waals surface area contributed by atoms with Gasteiger partial charge in [0.25, 0.3) is 0 Å². The third kappa shape index (κ3) is 5.82. The molecule has 29 heavy (non-hydrogen) atoms. The highest BCUT2D eigenvalue weighted by molar-refractivity contribution is 5.59. The largest absolute Gasteiger partial charge is 0.493 e. The summed E-state index contributed by atoms with van der Waals surface area (Å²) < 4.78 is 51.3. The molecule has 0 saturated heterocycles. The van der Waals surface area contributed by atoms with Crippen molar-refractivity contribution < 1.29 is 22.4 Å². The summed E-state index contributed by atoms with van der Waals surface area (Å²) in [5.41, 5.74) is -0.590. The minimum absolute atomic E-state index is 0.120. The van der Waals surface area contributed by atoms with Crippen LogP contribution in [0.1, 0.15) is 62.9 Å². The lowest BCUT2D eigenvalue weighted by Crippen LogP contribution is -2.13. The topological polar surface area (TPSA) is 60.2 Å². The van der Waals surface area contributed by atoms with Gasteiger partial charge in [0.2, 0.25) is 11.7 Å². The molecule has 2 aromatic rings. The first-order chi connectivity index (χ1) is 14.0. The molecule has 0 saturated carbocycles. The second kappa shape index (κ2) is 9.91. The van der Waals surface area contributed by atoms with Crippen LogP contribution in [0.2, 0.25) is 0 Å². The number of aromatic nitrogens is 2. The second-order valence-electron chi connectivity index (χ2n) is 7.10. The van der Waals surface area contributed by atoms with Crippen LogP contribution in [-0.2, 0) is 6.18 Å². The van der Waals surface area contributed by atoms with Gasteiger partial charge in [-0.3, -0.25) is 5.32 Å². The molecule has 8 heteroatoms. The maximum Gasteiger partial charge on any atom is 0.419 e. The van der Waals surface area contributed by atoms with Crippen LogP contribution >= 0.6 is 0 Å². The fraction of sp³-hybridized carbons (Fsp3) is 0.524. The van der Waals surface area contributed by atoms with Gasteiger partial charge in [-0.15, -0.1) is 0 Å². The first-order valence-electron chi connectivity index (χ1n) is 10.1. The molecule has 0 radical (unpaired) electrons. The molecule has 1 N–H and O–H groups in total. The Labute approximate surface area is 168 Å². The first-order valence-corrected chi connectivity index (χ1v) is 10.1. The van der Waals surface area contributed by atoms with Crippen molar-refractivity contribution in [3.63, 3.8) is 0 Å². The average Bonchev–Trinajstić information content (AvgIpc) is 3.38. The number of hydrogen-bond donors (Lipinski definition) is 1. The first kappa shape index (κ1) is 21.4. The molecule has 0 bridgehead atoms. The van der Waals surface area contributed by atoms with E-state index in [-0.39, 0.29) is 29.8 Å². The van der Waals surface area contributed by atoms with Crippen LogP contribution in [0.5, 0.6) is 5.75 Å². The molecule has 1 aliphatic rings. The summed E-state index contributed by atoms with van der Waals surface area (Å²) in [4.78, 5) is 4.23. The lowest BCUT2D eigenvalue weighted by molar-refractivity contribution is -0.138. The minimum Gasteiger partial charge on any atom is -0.493 e. The summed E-state index contributed by atoms with van der Waals surface area (Å²) in [6.07, 6.45) is 5.52. The van der Waals surface area contributed by atoms with E-state index in [1.165, 1.54) is 18.6 Å². The normalized spacial score (nSPS) is 16.5. The van der Waals surface area contributed by atoms with Gasteiger partial charge in [-0.05, 0) is 24.6 Å². The lowest BCUT2D eigenvalue weighted by atomic mass is 10.1. The highest BCUT2D eigenvalue weighted by Gasteiger charge is 2.35. The van der Waals surface area contributed by atoms with E-state index in [1.54, 1.807) is 0 Å². The van der Waals surface area contributed by atoms with E-state index in [2.05, 4.69) is 22.4 Å². The van der Waals surface area contributed by atoms with Crippen LogP contribution in [0.25, 0.3) is 11.4 Å². The zero-order chi connectivity index (χ0) is 20.7. The number of alkyl halides is 3. The van der Waals surface area contributed by atoms with Crippen LogP contribution in [0.3, 0.4) is 0 Å². The maximum atomic E-state index is 13.5. The van der Waals surface area contributed by atoms with E-state index in [0.29, 0.717) is 12.4 Å². The highest BCUT2D eigenvalue weighted by Crippen LogP contribution is 2.38. The molecule has 2 heterocycles. The fourth-order valence-corrected chi connectivity index (χ4v) is 3.20. The van der Waals surface area contributed by atoms with Crippen molar-refractivity contribution >= 4 is 0 Å². The van der Waals surface area contributed by atoms with Gasteiger partial charge in [-0.2, -0.15) is 18.2 Å². The third-order valence-corrected chi connectivity index (χ3v) is 4.79. The predicted molar refractivity (Wildman–Crippen MR) is 103 cm³/mol. The summed E-state index contributed by atoms with van der Waals surface area (Å²) in [6, 6.07) is 3.67. The van der Waals surface area contributed by atoms with Gasteiger partial charge in [0, 0.05) is 12.1 Å². The molecule has 1 atom stereocenters. The Morgan fingerprint density at radius 3 is 2.69 bits per heavy atom. The van der Waals surface area contributed by atoms with Crippen molar-refractivity contribution in [2.75, 3.05) is 13.2 Å². The van der Waals surface area contributed by atoms with Crippen molar-refractivity contribution in [2.45, 2.75) is 57.7 Å². The van der Waals surface area contributed by atoms with Crippen molar-refractivity contribution in [2.24, 2.45) is 0 Å². The molecule has 0 unspecified atom stereocenters. The van der Waals surface area contributed by atoms with Crippen molar-refractivity contribution in [1.29, 1.82) is 0 Å². The van der Waals surface area contributed by atoms with Crippen LogP contribution in [0, 0.1) is 0 Å². The fourth-order valence-electron chi connectivity index (χ4n) is 3.20. The van der Waals surface area contributed by atoms with Gasteiger partial charge in [0.15, 0.2) is 0 Å². The Balaban J connectivity index is 1.67. The van der Waals surface area contributed by atoms with Crippen LogP contribution < -0.4 is 10.1 Å². The van der Waals surface area contributed by atoms with E-state index >= 15 is 0 Å². The second-order valence-corrected chi connectivity index (χ2v) is 7.10. The molecular weight excluding hydrogens is 383 g/mol. The smallest absolute Gasteiger partial charge is 0.419 e. The quantitative estimate of drug-likeness (QED) is 0.403. The lowest BCUT2D eigenvalue weighted by Gasteiger charge is -2.14. The van der Waals surface area contributed by atoms with E-state index in [9.17, 15) is 13.2 Å². The zero-order valence-electron chi connectivity index (χ0n) is 16.5. The van der Waals surface area contributed by atoms with Crippen LogP contribution in [0.4, 0.5) is 13.2 Å². The number of unbranched alkanes of at least 4 members (excludes halogenated alkanes) is 5. The Morgan fingerprint density at radius 2 is 1.97 bits per heavy atom. The molecule has 0 aliphatic carbocycles. The predicted octanol–water partition coefficient (Wildman–Crippen LogP) is 5.70. The third-order valence-electron chi connectivity index (χ3n) is 4.79. The van der Waals surface area contributed by atoms with Crippen LogP contribution in [-0.4, -0.2) is 23.3 Å². The van der Waals surface area contributed by atoms with Gasteiger partial charge >= 0.3 is 6.18 Å². The molecule has 3 rings (SSSR count). The molecule has 158 valence electrons. The van der Waals surface area contributed by atoms with Crippen molar-refractivity contribution in [1.82, 2.24) is 15.5 Å². The van der Waals surface area contributed by atoms with Crippen molar-refractivity contribution in [3.8, 4) is 17.1 Å². The molecule has 0 spiro atoms. The van der Waals surface area contributed by atoms with Gasteiger partial charge in [0.1, 0.15) is 11.8 Å². The van der Waals surface area contributed by atoms with Gasteiger partial charge in [-0.25, -0.2) is 0 Å². The van der Waals surface area contributed by atoms with Gasteiger partial charge < -0.3 is 9.26 Å². The summed E-state index contributed by atoms with van der Waals surface area (Å²) in [7, 11) is 0. The van der Waals surface area contributed by atoms with Gasteiger partial charge in [-0.1, -0.05) is 56.3 Å². The number of halogens is 3. The van der Waals surface area contributed by atoms with E-state index in [1.807, 2.05) is 12.2 Å². The molecule has 1 aromatic heterocycles. The number of hydrogen-bond acceptors (Lipinski definition) is 5. The molecular formula is C21H26F3N3O2. The number of nitrogens with zero attached hydrogens (tertiary/aromatic N) is 2. The van der Waals surface area contributed by atoms with E-state index in [0.717, 1.165) is 38.2 Å². The number of rotatable bonds is 10. The van der Waals surface area contributed by atoms with Gasteiger partial charge in [0.05, 0.1) is 12.2 Å². The number of ether oxygens (including phenoxy) is 1. The number of nitrogens with one attached hydrogen (secondary N) is 1. The number of benzene rings is 1. The average molecular weight is 409 g/mol. The zero-order valence-corrected chi connectivity index (χ0v) is 16.5. The summed E-state index contributed by atoms with van der Waals surface area (Å²) in [5, 5.41) is 6.95. The van der Waals surface area contributed by atoms with E-state index in [4.69, 9.17) is 9.26 Å². The molecule has 0 fully saturated rings. The Bertz CT molecular complexity index is 818. The summed E-state index contributed by atoms with van der Waals surface area (Å²) >= 11 is 0. The molecule has 1 aromatic carbocycles. The van der Waals surface area contributed by atoms with E-state index < -0.39 is 11.7 Å². The van der Waals surface area contributed by atoms with Crippen molar-refractivity contribution in [3.05, 3.63) is 41.8 Å². The Kier molecular flexibility index (Phi) is 7.30. The maximum absolute atomic E-state index is 13.5. The Hall–Kier alpha value is -2.35. The monoisotopic (exact) mass is 409 g/mol. The SMILES string of the molecule is CCCCCCCCOc1ccc(-c2noc([C@@H]3C=CCN3)n2)cc1C(F)(F)F. The molecule has 5 nitrogen and oxygen atoms in total. The summed E-state index contributed by atoms with van der Waals surface area (Å²) in [6.45, 7) is 3.09. The molecule has 1 aliphatic heterocycles. The minimum atomic E-state index is -4.53. The summed E-state index contributed by atoms with van der Waals surface area (Å²) in [5.74, 6) is 0.278. The molecule has 0 amide bonds.